The molecule has 7 nitrogen and oxygen atoms in total. The molecule has 1 aromatic heterocycles. The first-order valence-electron chi connectivity index (χ1n) is 7.07. The second-order valence-electron chi connectivity index (χ2n) is 5.57. The fourth-order valence-electron chi connectivity index (χ4n) is 2.82. The van der Waals surface area contributed by atoms with Gasteiger partial charge in [0, 0.05) is 12.0 Å². The van der Waals surface area contributed by atoms with Crippen molar-refractivity contribution in [2.24, 2.45) is 5.73 Å². The number of aromatic nitrogens is 4. The van der Waals surface area contributed by atoms with Gasteiger partial charge >= 0.3 is 0 Å². The number of nitrogens with two attached hydrogens (primary N) is 1. The Kier molecular flexibility index (Phi) is 3.66. The molecule has 1 aliphatic carbocycles. The van der Waals surface area contributed by atoms with Crippen LogP contribution in [0.25, 0.3) is 5.69 Å². The summed E-state index contributed by atoms with van der Waals surface area (Å²) in [5, 5.41) is 14.0. The molecule has 7 heteroatoms. The summed E-state index contributed by atoms with van der Waals surface area (Å²) < 4.78 is 1.52. The SMILES string of the molecule is NC1(CC(=O)Nc2ccccc2-n2cnnn2)CCCC1. The number of carbonyl (C=O) groups excluding carboxylic acids is 1. The number of rotatable bonds is 4. The first kappa shape index (κ1) is 13.7. The van der Waals surface area contributed by atoms with E-state index in [1.165, 1.54) is 11.0 Å². The second kappa shape index (κ2) is 5.61. The lowest BCUT2D eigenvalue weighted by atomic mass is 9.94. The van der Waals surface area contributed by atoms with Crippen LogP contribution in [0.3, 0.4) is 0 Å². The average molecular weight is 286 g/mol. The fraction of sp³-hybridized carbons (Fsp3) is 0.429. The van der Waals surface area contributed by atoms with Gasteiger partial charge in [0.1, 0.15) is 6.33 Å². The van der Waals surface area contributed by atoms with Crippen molar-refractivity contribution in [3.8, 4) is 5.69 Å². The van der Waals surface area contributed by atoms with Gasteiger partial charge in [0.2, 0.25) is 5.91 Å². The van der Waals surface area contributed by atoms with Crippen molar-refractivity contribution in [3.63, 3.8) is 0 Å². The van der Waals surface area contributed by atoms with Crippen LogP contribution >= 0.6 is 0 Å². The van der Waals surface area contributed by atoms with Crippen molar-refractivity contribution in [2.75, 3.05) is 5.32 Å². The maximum Gasteiger partial charge on any atom is 0.226 e. The van der Waals surface area contributed by atoms with Crippen LogP contribution in [0.2, 0.25) is 0 Å². The zero-order valence-corrected chi connectivity index (χ0v) is 11.7. The molecule has 0 saturated heterocycles. The number of nitrogens with one attached hydrogen (secondary N) is 1. The van der Waals surface area contributed by atoms with E-state index in [2.05, 4.69) is 20.8 Å². The number of carbonyl (C=O) groups is 1. The van der Waals surface area contributed by atoms with Gasteiger partial charge in [0.05, 0.1) is 11.4 Å². The number of nitrogens with zero attached hydrogens (tertiary/aromatic N) is 4. The highest BCUT2D eigenvalue weighted by atomic mass is 16.1. The maximum absolute atomic E-state index is 12.2. The van der Waals surface area contributed by atoms with Gasteiger partial charge in [-0.2, -0.15) is 4.68 Å². The summed E-state index contributed by atoms with van der Waals surface area (Å²) in [4.78, 5) is 12.2. The molecule has 0 unspecified atom stereocenters. The molecule has 1 aromatic carbocycles. The molecule has 0 aliphatic heterocycles. The molecule has 1 heterocycles. The van der Waals surface area contributed by atoms with Crippen LogP contribution in [-0.4, -0.2) is 31.7 Å². The van der Waals surface area contributed by atoms with Gasteiger partial charge < -0.3 is 11.1 Å². The summed E-state index contributed by atoms with van der Waals surface area (Å²) in [6, 6.07) is 7.40. The number of hydrogen-bond acceptors (Lipinski definition) is 5. The molecule has 110 valence electrons. The molecule has 1 amide bonds. The molecule has 0 radical (unpaired) electrons. The third kappa shape index (κ3) is 3.08. The maximum atomic E-state index is 12.2. The third-order valence-electron chi connectivity index (χ3n) is 3.89. The Bertz CT molecular complexity index is 618. The molecule has 1 aliphatic rings. The fourth-order valence-corrected chi connectivity index (χ4v) is 2.82. The van der Waals surface area contributed by atoms with E-state index in [1.807, 2.05) is 24.3 Å². The van der Waals surface area contributed by atoms with Crippen LogP contribution in [0.4, 0.5) is 5.69 Å². The van der Waals surface area contributed by atoms with E-state index < -0.39 is 0 Å². The molecule has 2 aromatic rings. The lowest BCUT2D eigenvalue weighted by molar-refractivity contribution is -0.117. The molecule has 1 saturated carbocycles. The number of tetrazole rings is 1. The first-order valence-corrected chi connectivity index (χ1v) is 7.07. The lowest BCUT2D eigenvalue weighted by Gasteiger charge is -2.22. The molecule has 3 rings (SSSR count). The number of hydrogen-bond donors (Lipinski definition) is 2. The Hall–Kier alpha value is -2.28. The Morgan fingerprint density at radius 3 is 2.81 bits per heavy atom. The predicted molar refractivity (Wildman–Crippen MR) is 77.8 cm³/mol. The van der Waals surface area contributed by atoms with Gasteiger partial charge in [-0.1, -0.05) is 25.0 Å². The largest absolute Gasteiger partial charge is 0.325 e. The summed E-state index contributed by atoms with van der Waals surface area (Å²) >= 11 is 0. The quantitative estimate of drug-likeness (QED) is 0.881. The molecule has 1 fully saturated rings. The smallest absolute Gasteiger partial charge is 0.226 e. The molecule has 3 N–H and O–H groups in total. The van der Waals surface area contributed by atoms with Gasteiger partial charge in [0.15, 0.2) is 0 Å². The minimum Gasteiger partial charge on any atom is -0.325 e. The Labute approximate surface area is 122 Å². The van der Waals surface area contributed by atoms with Crippen LogP contribution in [0, 0.1) is 0 Å². The highest BCUT2D eigenvalue weighted by molar-refractivity contribution is 5.93. The van der Waals surface area contributed by atoms with Gasteiger partial charge in [-0.25, -0.2) is 0 Å². The van der Waals surface area contributed by atoms with Crippen molar-refractivity contribution >= 4 is 11.6 Å². The van der Waals surface area contributed by atoms with E-state index >= 15 is 0 Å². The van der Waals surface area contributed by atoms with E-state index in [0.29, 0.717) is 12.1 Å². The van der Waals surface area contributed by atoms with E-state index in [9.17, 15) is 4.79 Å². The predicted octanol–water partition coefficient (Wildman–Crippen LogP) is 1.26. The first-order chi connectivity index (χ1) is 10.2. The van der Waals surface area contributed by atoms with Crippen molar-refractivity contribution in [2.45, 2.75) is 37.6 Å². The molecular formula is C14H18N6O. The van der Waals surface area contributed by atoms with E-state index in [-0.39, 0.29) is 11.4 Å². The Balaban J connectivity index is 1.74. The molecule has 0 atom stereocenters. The number of amides is 1. The summed E-state index contributed by atoms with van der Waals surface area (Å²) in [6.45, 7) is 0. The summed E-state index contributed by atoms with van der Waals surface area (Å²) in [5.74, 6) is -0.0695. The molecular weight excluding hydrogens is 268 g/mol. The van der Waals surface area contributed by atoms with Crippen LogP contribution in [-0.2, 0) is 4.79 Å². The molecule has 21 heavy (non-hydrogen) atoms. The number of para-hydroxylation sites is 2. The Morgan fingerprint density at radius 2 is 2.10 bits per heavy atom. The van der Waals surface area contributed by atoms with Crippen LogP contribution < -0.4 is 11.1 Å². The van der Waals surface area contributed by atoms with Crippen LogP contribution in [0.5, 0.6) is 0 Å². The topological polar surface area (TPSA) is 98.7 Å². The number of benzene rings is 1. The van der Waals surface area contributed by atoms with E-state index in [0.717, 1.165) is 31.4 Å². The summed E-state index contributed by atoms with van der Waals surface area (Å²) in [6.07, 6.45) is 5.86. The van der Waals surface area contributed by atoms with Crippen LogP contribution in [0.15, 0.2) is 30.6 Å². The third-order valence-corrected chi connectivity index (χ3v) is 3.89. The van der Waals surface area contributed by atoms with E-state index in [4.69, 9.17) is 5.73 Å². The Morgan fingerprint density at radius 1 is 1.33 bits per heavy atom. The minimum absolute atomic E-state index is 0.0695. The summed E-state index contributed by atoms with van der Waals surface area (Å²) in [7, 11) is 0. The van der Waals surface area contributed by atoms with Crippen molar-refractivity contribution in [1.29, 1.82) is 0 Å². The molecule has 0 bridgehead atoms. The lowest BCUT2D eigenvalue weighted by Crippen LogP contribution is -2.40. The average Bonchev–Trinajstić information content (AvgIpc) is 3.11. The minimum atomic E-state index is -0.353. The van der Waals surface area contributed by atoms with Gasteiger partial charge in [-0.3, -0.25) is 4.79 Å². The van der Waals surface area contributed by atoms with Gasteiger partial charge in [0.25, 0.3) is 0 Å². The van der Waals surface area contributed by atoms with Crippen molar-refractivity contribution in [3.05, 3.63) is 30.6 Å². The van der Waals surface area contributed by atoms with Crippen molar-refractivity contribution < 1.29 is 4.79 Å². The summed E-state index contributed by atoms with van der Waals surface area (Å²) in [5.41, 5.74) is 7.30. The number of anilines is 1. The second-order valence-corrected chi connectivity index (χ2v) is 5.57. The highest BCUT2D eigenvalue weighted by Crippen LogP contribution is 2.30. The highest BCUT2D eigenvalue weighted by Gasteiger charge is 2.31. The van der Waals surface area contributed by atoms with Crippen molar-refractivity contribution in [1.82, 2.24) is 20.2 Å². The monoisotopic (exact) mass is 286 g/mol. The standard InChI is InChI=1S/C14H18N6O/c15-14(7-3-4-8-14)9-13(21)17-11-5-1-2-6-12(11)20-10-16-18-19-20/h1-2,5-6,10H,3-4,7-9,15H2,(H,17,21). The van der Waals surface area contributed by atoms with Gasteiger partial charge in [-0.15, -0.1) is 5.10 Å². The normalized spacial score (nSPS) is 16.8. The zero-order chi connectivity index (χ0) is 14.7. The van der Waals surface area contributed by atoms with Gasteiger partial charge in [-0.05, 0) is 35.4 Å². The molecule has 0 spiro atoms. The van der Waals surface area contributed by atoms with E-state index in [1.54, 1.807) is 0 Å². The van der Waals surface area contributed by atoms with Crippen LogP contribution in [0.1, 0.15) is 32.1 Å². The zero-order valence-electron chi connectivity index (χ0n) is 11.7.